The van der Waals surface area contributed by atoms with Gasteiger partial charge in [0.05, 0.1) is 16.6 Å². The van der Waals surface area contributed by atoms with E-state index in [1.165, 1.54) is 0 Å². The fraction of sp³-hybridized carbons (Fsp3) is 0.308. The Labute approximate surface area is 184 Å². The summed E-state index contributed by atoms with van der Waals surface area (Å²) in [5.41, 5.74) is 2.69. The summed E-state index contributed by atoms with van der Waals surface area (Å²) in [5, 5.41) is 2.58. The molecule has 2 aromatic carbocycles. The van der Waals surface area contributed by atoms with Crippen molar-refractivity contribution in [1.82, 2.24) is 9.55 Å². The lowest BCUT2D eigenvalue weighted by molar-refractivity contribution is 0.0880. The molecule has 2 aromatic heterocycles. The second-order valence-corrected chi connectivity index (χ2v) is 8.94. The van der Waals surface area contributed by atoms with E-state index in [0.717, 1.165) is 34.1 Å². The Balaban J connectivity index is 1.35. The number of pyridine rings is 2. The van der Waals surface area contributed by atoms with Crippen LogP contribution in [0.25, 0.3) is 21.7 Å². The van der Waals surface area contributed by atoms with Crippen molar-refractivity contribution in [2.24, 2.45) is 5.92 Å². The van der Waals surface area contributed by atoms with Gasteiger partial charge in [-0.2, -0.15) is 0 Å². The number of nitrogens with zero attached hydrogens (tertiary/aromatic N) is 3. The first kappa shape index (κ1) is 19.4. The lowest BCUT2D eigenvalue weighted by Gasteiger charge is -2.21. The molecule has 1 saturated carbocycles. The van der Waals surface area contributed by atoms with Crippen LogP contribution in [-0.4, -0.2) is 29.1 Å². The Hall–Kier alpha value is -3.28. The Kier molecular flexibility index (Phi) is 4.49. The lowest BCUT2D eigenvalue weighted by atomic mass is 10.1. The molecule has 1 saturated heterocycles. The van der Waals surface area contributed by atoms with E-state index >= 15 is 0 Å². The minimum Gasteiger partial charge on any atom is -0.370 e. The van der Waals surface area contributed by atoms with Crippen LogP contribution in [0.4, 0.5) is 14.5 Å². The molecule has 1 aliphatic carbocycles. The molecule has 0 spiro atoms. The molecule has 0 amide bonds. The normalized spacial score (nSPS) is 22.8. The minimum absolute atomic E-state index is 0.0492. The highest BCUT2D eigenvalue weighted by atomic mass is 19.3. The first-order valence-corrected chi connectivity index (χ1v) is 11.1. The summed E-state index contributed by atoms with van der Waals surface area (Å²) in [6.07, 6.45) is 0.864. The maximum Gasteiger partial charge on any atom is 0.260 e. The number of hydrogen-bond acceptors (Lipinski definition) is 3. The van der Waals surface area contributed by atoms with Gasteiger partial charge in [0.25, 0.3) is 5.56 Å². The van der Waals surface area contributed by atoms with Gasteiger partial charge in [-0.15, -0.1) is 0 Å². The van der Waals surface area contributed by atoms with Crippen molar-refractivity contribution in [2.75, 3.05) is 18.0 Å². The number of aromatic nitrogens is 2. The van der Waals surface area contributed by atoms with Crippen LogP contribution in [-0.2, 0) is 0 Å². The molecule has 0 bridgehead atoms. The maximum absolute atomic E-state index is 13.6. The van der Waals surface area contributed by atoms with E-state index in [0.29, 0.717) is 18.4 Å². The number of anilines is 1. The van der Waals surface area contributed by atoms with Crippen molar-refractivity contribution in [3.05, 3.63) is 82.9 Å². The predicted octanol–water partition coefficient (Wildman–Crippen LogP) is 5.37. The van der Waals surface area contributed by atoms with Gasteiger partial charge in [0.15, 0.2) is 0 Å². The zero-order chi connectivity index (χ0) is 21.8. The van der Waals surface area contributed by atoms with E-state index in [-0.39, 0.29) is 24.1 Å². The largest absolute Gasteiger partial charge is 0.370 e. The first-order valence-electron chi connectivity index (χ1n) is 11.1. The van der Waals surface area contributed by atoms with Crippen LogP contribution >= 0.6 is 0 Å². The molecule has 162 valence electrons. The molecule has 2 aliphatic rings. The number of rotatable bonds is 4. The molecule has 2 fully saturated rings. The van der Waals surface area contributed by atoms with E-state index in [2.05, 4.69) is 12.1 Å². The van der Waals surface area contributed by atoms with Crippen molar-refractivity contribution in [3.63, 3.8) is 0 Å². The minimum atomic E-state index is -2.33. The highest BCUT2D eigenvalue weighted by Crippen LogP contribution is 2.50. The third-order valence-electron chi connectivity index (χ3n) is 6.97. The van der Waals surface area contributed by atoms with Gasteiger partial charge in [0.2, 0.25) is 6.43 Å². The monoisotopic (exact) mass is 431 g/mol. The van der Waals surface area contributed by atoms with Gasteiger partial charge < -0.3 is 9.47 Å². The van der Waals surface area contributed by atoms with Crippen LogP contribution in [0.15, 0.2) is 71.7 Å². The summed E-state index contributed by atoms with van der Waals surface area (Å²) in [6, 6.07) is 19.9. The summed E-state index contributed by atoms with van der Waals surface area (Å²) in [6.45, 7) is 0.841. The number of hydrogen-bond donors (Lipinski definition) is 0. The van der Waals surface area contributed by atoms with Crippen molar-refractivity contribution in [3.8, 4) is 0 Å². The second kappa shape index (κ2) is 7.40. The van der Waals surface area contributed by atoms with Crippen LogP contribution in [0.3, 0.4) is 0 Å². The van der Waals surface area contributed by atoms with Crippen molar-refractivity contribution in [1.29, 1.82) is 0 Å². The average molecular weight is 431 g/mol. The number of benzene rings is 2. The van der Waals surface area contributed by atoms with E-state index in [1.54, 1.807) is 0 Å². The van der Waals surface area contributed by atoms with Crippen molar-refractivity contribution < 1.29 is 8.78 Å². The summed E-state index contributed by atoms with van der Waals surface area (Å²) >= 11 is 0. The third-order valence-corrected chi connectivity index (χ3v) is 6.97. The molecule has 0 N–H and O–H groups in total. The van der Waals surface area contributed by atoms with E-state index in [9.17, 15) is 13.6 Å². The SMILES string of the molecule is O=c1c2c(N3CCC(C(F)F)C3)cccc2ccn1C1CC1c1ccc2ccccc2n1. The molecular weight excluding hydrogens is 408 g/mol. The van der Waals surface area contributed by atoms with Gasteiger partial charge in [0, 0.05) is 48.2 Å². The highest BCUT2D eigenvalue weighted by molar-refractivity contribution is 5.93. The highest BCUT2D eigenvalue weighted by Gasteiger charge is 2.42. The van der Waals surface area contributed by atoms with E-state index in [4.69, 9.17) is 4.98 Å². The Morgan fingerprint density at radius 2 is 1.81 bits per heavy atom. The average Bonchev–Trinajstić information content (AvgIpc) is 3.44. The predicted molar refractivity (Wildman–Crippen MR) is 123 cm³/mol. The molecular formula is C26H23F2N3O. The van der Waals surface area contributed by atoms with Gasteiger partial charge in [-0.3, -0.25) is 9.78 Å². The molecule has 6 heteroatoms. The second-order valence-electron chi connectivity index (χ2n) is 8.94. The molecule has 3 heterocycles. The Morgan fingerprint density at radius 3 is 2.66 bits per heavy atom. The lowest BCUT2D eigenvalue weighted by Crippen LogP contribution is -2.25. The molecule has 4 aromatic rings. The van der Waals surface area contributed by atoms with Gasteiger partial charge in [-0.25, -0.2) is 8.78 Å². The fourth-order valence-corrected chi connectivity index (χ4v) is 5.12. The zero-order valence-electron chi connectivity index (χ0n) is 17.5. The number of alkyl halides is 2. The van der Waals surface area contributed by atoms with Crippen LogP contribution in [0.1, 0.15) is 30.5 Å². The fourth-order valence-electron chi connectivity index (χ4n) is 5.12. The van der Waals surface area contributed by atoms with Gasteiger partial charge in [-0.1, -0.05) is 36.4 Å². The number of halogens is 2. The van der Waals surface area contributed by atoms with Gasteiger partial charge in [-0.05, 0) is 42.5 Å². The van der Waals surface area contributed by atoms with Crippen LogP contribution in [0.5, 0.6) is 0 Å². The quantitative estimate of drug-likeness (QED) is 0.436. The summed E-state index contributed by atoms with van der Waals surface area (Å²) in [5.74, 6) is -0.431. The smallest absolute Gasteiger partial charge is 0.260 e. The Morgan fingerprint density at radius 1 is 0.969 bits per heavy atom. The Bertz CT molecular complexity index is 1380. The molecule has 6 rings (SSSR count). The molecule has 3 atom stereocenters. The van der Waals surface area contributed by atoms with Crippen molar-refractivity contribution in [2.45, 2.75) is 31.2 Å². The molecule has 1 aliphatic heterocycles. The van der Waals surface area contributed by atoms with Crippen molar-refractivity contribution >= 4 is 27.4 Å². The standard InChI is InChI=1S/C26H23F2N3O/c27-25(28)18-10-12-30(15-18)22-7-3-5-17-11-13-31(26(32)24(17)22)23-14-19(23)21-9-8-16-4-1-2-6-20(16)29-21/h1-9,11,13,18-19,23,25H,10,12,14-15H2. The van der Waals surface area contributed by atoms with Crippen LogP contribution < -0.4 is 10.5 Å². The van der Waals surface area contributed by atoms with Crippen LogP contribution in [0.2, 0.25) is 0 Å². The summed E-state index contributed by atoms with van der Waals surface area (Å²) < 4.78 is 28.2. The summed E-state index contributed by atoms with van der Waals surface area (Å²) in [4.78, 5) is 20.3. The van der Waals surface area contributed by atoms with E-state index in [1.807, 2.05) is 64.2 Å². The van der Waals surface area contributed by atoms with Gasteiger partial charge >= 0.3 is 0 Å². The molecule has 4 nitrogen and oxygen atoms in total. The number of para-hydroxylation sites is 1. The molecule has 32 heavy (non-hydrogen) atoms. The molecule has 0 radical (unpaired) electrons. The first-order chi connectivity index (χ1) is 15.6. The van der Waals surface area contributed by atoms with E-state index < -0.39 is 12.3 Å². The van der Waals surface area contributed by atoms with Crippen LogP contribution in [0, 0.1) is 5.92 Å². The summed E-state index contributed by atoms with van der Waals surface area (Å²) in [7, 11) is 0. The zero-order valence-corrected chi connectivity index (χ0v) is 17.5. The maximum atomic E-state index is 13.6. The molecule has 3 unspecified atom stereocenters. The van der Waals surface area contributed by atoms with Gasteiger partial charge in [0.1, 0.15) is 0 Å². The number of fused-ring (bicyclic) bond motifs is 2. The third kappa shape index (κ3) is 3.17. The topological polar surface area (TPSA) is 38.1 Å².